The van der Waals surface area contributed by atoms with Crippen LogP contribution in [0, 0.1) is 5.92 Å². The zero-order valence-electron chi connectivity index (χ0n) is 22.5. The third-order valence-electron chi connectivity index (χ3n) is 6.19. The number of aliphatic hydroxyl groups is 10. The number of carboxylic acid groups (broad SMARTS) is 1. The molecule has 10 atom stereocenters. The maximum absolute atomic E-state index is 12.4. The highest BCUT2D eigenvalue weighted by Gasteiger charge is 2.31. The predicted molar refractivity (Wildman–Crippen MR) is 135 cm³/mol. The van der Waals surface area contributed by atoms with Crippen LogP contribution in [0.2, 0.25) is 0 Å². The zero-order chi connectivity index (χ0) is 31.9. The molecule has 0 saturated heterocycles. The smallest absolute Gasteiger partial charge is 0.326 e. The van der Waals surface area contributed by atoms with Gasteiger partial charge in [0.1, 0.15) is 42.7 Å². The van der Waals surface area contributed by atoms with E-state index in [9.17, 15) is 65.1 Å². The van der Waals surface area contributed by atoms with Crippen LogP contribution in [0.4, 0.5) is 0 Å². The molecule has 0 saturated carbocycles. The maximum atomic E-state index is 12.4. The summed E-state index contributed by atoms with van der Waals surface area (Å²) in [7, 11) is 0. The zero-order valence-corrected chi connectivity index (χ0v) is 22.5. The van der Waals surface area contributed by atoms with E-state index in [1.807, 2.05) is 0 Å². The molecule has 0 bridgehead atoms. The number of aliphatic carboxylic acids is 1. The lowest BCUT2D eigenvalue weighted by atomic mass is 10.0. The molecule has 0 aliphatic rings. The highest BCUT2D eigenvalue weighted by Crippen LogP contribution is 2.09. The van der Waals surface area contributed by atoms with Crippen LogP contribution in [0.5, 0.6) is 0 Å². The van der Waals surface area contributed by atoms with Gasteiger partial charge in [-0.2, -0.15) is 0 Å². The number of rotatable bonds is 21. The van der Waals surface area contributed by atoms with Gasteiger partial charge >= 0.3 is 5.97 Å². The van der Waals surface area contributed by atoms with E-state index in [1.54, 1.807) is 0 Å². The third kappa shape index (κ3) is 14.3. The topological polar surface area (TPSA) is 327 Å². The van der Waals surface area contributed by atoms with Gasteiger partial charge in [0.15, 0.2) is 0 Å². The Kier molecular flexibility index (Phi) is 18.4. The molecule has 0 heterocycles. The molecule has 0 aliphatic heterocycles. The summed E-state index contributed by atoms with van der Waals surface area (Å²) in [6, 6.07) is -1.49. The molecule has 0 radical (unpaired) electrons. The van der Waals surface area contributed by atoms with Crippen molar-refractivity contribution >= 4 is 23.7 Å². The van der Waals surface area contributed by atoms with Crippen LogP contribution in [0.1, 0.15) is 32.6 Å². The number of hydrogen-bond donors (Lipinski definition) is 14. The van der Waals surface area contributed by atoms with Gasteiger partial charge in [0, 0.05) is 31.8 Å². The molecule has 0 unspecified atom stereocenters. The van der Waals surface area contributed by atoms with Gasteiger partial charge in [-0.3, -0.25) is 14.4 Å². The van der Waals surface area contributed by atoms with E-state index >= 15 is 0 Å². The van der Waals surface area contributed by atoms with Gasteiger partial charge in [0.2, 0.25) is 17.7 Å². The van der Waals surface area contributed by atoms with Crippen molar-refractivity contribution in [1.82, 2.24) is 16.0 Å². The molecular formula is C23H43N3O15. The van der Waals surface area contributed by atoms with E-state index < -0.39 is 117 Å². The molecule has 3 amide bonds. The van der Waals surface area contributed by atoms with Gasteiger partial charge in [-0.05, 0) is 12.8 Å². The molecule has 18 heteroatoms. The summed E-state index contributed by atoms with van der Waals surface area (Å²) in [5.41, 5.74) is 0. The second-order valence-electron chi connectivity index (χ2n) is 9.58. The number of carboxylic acids is 1. The average molecular weight is 602 g/mol. The summed E-state index contributed by atoms with van der Waals surface area (Å²) in [4.78, 5) is 47.9. The number of amides is 3. The van der Waals surface area contributed by atoms with Crippen molar-refractivity contribution in [3.63, 3.8) is 0 Å². The molecule has 0 fully saturated rings. The number of carbonyl (C=O) groups is 4. The summed E-state index contributed by atoms with van der Waals surface area (Å²) < 4.78 is 0. The Balaban J connectivity index is 4.59. The minimum absolute atomic E-state index is 0.0496. The van der Waals surface area contributed by atoms with Gasteiger partial charge in [-0.25, -0.2) is 4.79 Å². The van der Waals surface area contributed by atoms with Crippen molar-refractivity contribution in [2.24, 2.45) is 5.92 Å². The second-order valence-corrected chi connectivity index (χ2v) is 9.58. The fraction of sp³-hybridized carbons (Fsp3) is 0.826. The van der Waals surface area contributed by atoms with E-state index in [4.69, 9.17) is 10.2 Å². The van der Waals surface area contributed by atoms with Gasteiger partial charge in [-0.1, -0.05) is 6.92 Å². The fourth-order valence-corrected chi connectivity index (χ4v) is 3.31. The van der Waals surface area contributed by atoms with Gasteiger partial charge < -0.3 is 72.1 Å². The van der Waals surface area contributed by atoms with Crippen molar-refractivity contribution in [3.8, 4) is 0 Å². The number of aliphatic hydroxyl groups excluding tert-OH is 10. The van der Waals surface area contributed by atoms with Gasteiger partial charge in [0.05, 0.1) is 25.4 Å². The first-order valence-corrected chi connectivity index (χ1v) is 12.8. The monoisotopic (exact) mass is 601 g/mol. The van der Waals surface area contributed by atoms with E-state index in [1.165, 1.54) is 6.92 Å². The molecule has 14 N–H and O–H groups in total. The van der Waals surface area contributed by atoms with E-state index in [2.05, 4.69) is 16.0 Å². The van der Waals surface area contributed by atoms with Crippen LogP contribution in [0.25, 0.3) is 0 Å². The molecular weight excluding hydrogens is 558 g/mol. The van der Waals surface area contributed by atoms with Crippen molar-refractivity contribution < 1.29 is 75.3 Å². The van der Waals surface area contributed by atoms with Crippen molar-refractivity contribution in [1.29, 1.82) is 0 Å². The molecule has 0 aromatic heterocycles. The van der Waals surface area contributed by atoms with E-state index in [0.29, 0.717) is 0 Å². The molecule has 0 aliphatic carbocycles. The number of hydrogen-bond acceptors (Lipinski definition) is 14. The Morgan fingerprint density at radius 1 is 0.610 bits per heavy atom. The third-order valence-corrected chi connectivity index (χ3v) is 6.19. The lowest BCUT2D eigenvalue weighted by Crippen LogP contribution is -2.49. The summed E-state index contributed by atoms with van der Waals surface area (Å²) in [5.74, 6) is -4.45. The fourth-order valence-electron chi connectivity index (χ4n) is 3.31. The SMILES string of the molecule is C[C@@H](CCC(=O)NC[C@H](O)[C@@H](O)[C@H](O)[C@H](O)CO)C(=O)N[C@@H](CCC(=O)NC[C@@H](O)[C@H](O)[C@@H](O)[C@@H](O)CO)C(=O)O. The summed E-state index contributed by atoms with van der Waals surface area (Å²) in [6.07, 6.45) is -15.4. The standard InChI is InChI=1S/C23H43N3O15/c1-10(2-4-16(33)24-6-12(29)18(35)20(37)14(31)8-27)22(39)26-11(23(40)41)3-5-17(34)25-7-13(30)19(36)21(38)15(32)9-28/h10-15,18-21,27-32,35-38H,2-9H2,1H3,(H,24,33)(H,25,34)(H,26,39)(H,40,41)/t10-,11-,12-,13+,14+,15-,18+,19-,20+,21-/m0/s1. The molecule has 0 aromatic rings. The van der Waals surface area contributed by atoms with E-state index in [0.717, 1.165) is 0 Å². The van der Waals surface area contributed by atoms with Crippen LogP contribution in [-0.2, 0) is 19.2 Å². The Bertz CT molecular complexity index is 819. The Morgan fingerprint density at radius 2 is 0.976 bits per heavy atom. The van der Waals surface area contributed by atoms with Crippen LogP contribution in [0.15, 0.2) is 0 Å². The van der Waals surface area contributed by atoms with Crippen LogP contribution >= 0.6 is 0 Å². The summed E-state index contributed by atoms with van der Waals surface area (Å²) >= 11 is 0. The lowest BCUT2D eigenvalue weighted by molar-refractivity contribution is -0.143. The summed E-state index contributed by atoms with van der Waals surface area (Å²) in [5, 5.41) is 110. The largest absolute Gasteiger partial charge is 0.480 e. The minimum atomic E-state index is -1.90. The molecule has 0 aromatic carbocycles. The highest BCUT2D eigenvalue weighted by molar-refractivity contribution is 5.86. The number of carbonyl (C=O) groups excluding carboxylic acids is 3. The maximum Gasteiger partial charge on any atom is 0.326 e. The molecule has 18 nitrogen and oxygen atoms in total. The minimum Gasteiger partial charge on any atom is -0.480 e. The first-order chi connectivity index (χ1) is 19.1. The first kappa shape index (κ1) is 38.5. The molecule has 0 spiro atoms. The molecule has 240 valence electrons. The van der Waals surface area contributed by atoms with Crippen LogP contribution in [-0.4, -0.2) is 161 Å². The van der Waals surface area contributed by atoms with Gasteiger partial charge in [0.25, 0.3) is 0 Å². The first-order valence-electron chi connectivity index (χ1n) is 12.8. The Morgan fingerprint density at radius 3 is 1.34 bits per heavy atom. The Hall–Kier alpha value is -2.52. The van der Waals surface area contributed by atoms with Gasteiger partial charge in [-0.15, -0.1) is 0 Å². The van der Waals surface area contributed by atoms with Crippen LogP contribution in [0.3, 0.4) is 0 Å². The molecule has 0 rings (SSSR count). The van der Waals surface area contributed by atoms with Crippen LogP contribution < -0.4 is 16.0 Å². The predicted octanol–water partition coefficient (Wildman–Crippen LogP) is -7.14. The second kappa shape index (κ2) is 19.6. The van der Waals surface area contributed by atoms with Crippen molar-refractivity contribution in [3.05, 3.63) is 0 Å². The summed E-state index contributed by atoms with van der Waals surface area (Å²) in [6.45, 7) is -1.42. The molecule has 41 heavy (non-hydrogen) atoms. The van der Waals surface area contributed by atoms with Crippen molar-refractivity contribution in [2.75, 3.05) is 26.3 Å². The van der Waals surface area contributed by atoms with E-state index in [-0.39, 0.29) is 19.3 Å². The lowest BCUT2D eigenvalue weighted by Gasteiger charge is -2.25. The number of nitrogens with one attached hydrogen (secondary N) is 3. The van der Waals surface area contributed by atoms with Crippen molar-refractivity contribution in [2.45, 2.75) is 87.5 Å². The quantitative estimate of drug-likeness (QED) is 0.0581. The normalized spacial score (nSPS) is 18.9. The Labute approximate surface area is 235 Å². The highest BCUT2D eigenvalue weighted by atomic mass is 16.4. The average Bonchev–Trinajstić information content (AvgIpc) is 2.96.